The average molecular weight is 186 g/mol. The third-order valence-electron chi connectivity index (χ3n) is 2.29. The van der Waals surface area contributed by atoms with Crippen LogP contribution in [0.5, 0.6) is 5.75 Å². The summed E-state index contributed by atoms with van der Waals surface area (Å²) in [6.45, 7) is 0. The van der Waals surface area contributed by atoms with E-state index in [0.29, 0.717) is 5.05 Å². The van der Waals surface area contributed by atoms with Gasteiger partial charge in [0.15, 0.2) is 5.05 Å². The van der Waals surface area contributed by atoms with Gasteiger partial charge in [-0.15, -0.1) is 0 Å². The number of benzene rings is 2. The smallest absolute Gasteiger partial charge is 0.198 e. The van der Waals surface area contributed by atoms with E-state index in [1.807, 2.05) is 24.3 Å². The maximum atomic E-state index is 5.45. The molecule has 0 saturated carbocycles. The van der Waals surface area contributed by atoms with Crippen LogP contribution in [0.1, 0.15) is 5.56 Å². The van der Waals surface area contributed by atoms with Crippen LogP contribution in [-0.2, 0) is 0 Å². The van der Waals surface area contributed by atoms with Crippen molar-refractivity contribution in [2.75, 3.05) is 0 Å². The third kappa shape index (κ3) is 0.835. The van der Waals surface area contributed by atoms with Crippen LogP contribution in [0.4, 0.5) is 0 Å². The Bertz CT molecular complexity index is 511. The second-order valence-corrected chi connectivity index (χ2v) is 3.42. The minimum atomic E-state index is 0.590. The minimum Gasteiger partial charge on any atom is -0.445 e. The second-order valence-electron chi connectivity index (χ2n) is 3.05. The van der Waals surface area contributed by atoms with E-state index in [1.165, 1.54) is 5.39 Å². The number of hydrogen-bond acceptors (Lipinski definition) is 2. The van der Waals surface area contributed by atoms with Crippen molar-refractivity contribution in [2.24, 2.45) is 0 Å². The molecule has 1 heterocycles. The fourth-order valence-corrected chi connectivity index (χ4v) is 1.98. The zero-order chi connectivity index (χ0) is 8.84. The van der Waals surface area contributed by atoms with Crippen molar-refractivity contribution in [1.29, 1.82) is 0 Å². The van der Waals surface area contributed by atoms with Crippen LogP contribution in [-0.4, -0.2) is 5.05 Å². The topological polar surface area (TPSA) is 9.23 Å². The molecular formula is C11H6OS. The third-order valence-corrected chi connectivity index (χ3v) is 2.59. The number of ether oxygens (including phenoxy) is 1. The maximum Gasteiger partial charge on any atom is 0.198 e. The molecule has 1 nitrogen and oxygen atoms in total. The Balaban J connectivity index is 2.58. The van der Waals surface area contributed by atoms with Gasteiger partial charge in [-0.25, -0.2) is 0 Å². The Labute approximate surface area is 80.9 Å². The van der Waals surface area contributed by atoms with Crippen LogP contribution < -0.4 is 4.74 Å². The van der Waals surface area contributed by atoms with Crippen molar-refractivity contribution in [3.05, 3.63) is 42.0 Å². The highest BCUT2D eigenvalue weighted by Crippen LogP contribution is 2.34. The first kappa shape index (κ1) is 7.04. The molecule has 0 amide bonds. The summed E-state index contributed by atoms with van der Waals surface area (Å²) in [5, 5.41) is 2.93. The summed E-state index contributed by atoms with van der Waals surface area (Å²) >= 11 is 5.11. The van der Waals surface area contributed by atoms with E-state index in [0.717, 1.165) is 16.7 Å². The first-order valence-corrected chi connectivity index (χ1v) is 4.51. The number of hydrogen-bond donors (Lipinski definition) is 0. The van der Waals surface area contributed by atoms with Crippen LogP contribution in [0.15, 0.2) is 36.4 Å². The second kappa shape index (κ2) is 2.30. The lowest BCUT2D eigenvalue weighted by Gasteiger charge is -1.96. The molecule has 0 bridgehead atoms. The SMILES string of the molecule is S=C1Oc2cccc3cccc1c23. The van der Waals surface area contributed by atoms with Gasteiger partial charge < -0.3 is 4.74 Å². The molecule has 0 aliphatic carbocycles. The summed E-state index contributed by atoms with van der Waals surface area (Å²) < 4.78 is 5.45. The normalized spacial score (nSPS) is 13.4. The van der Waals surface area contributed by atoms with E-state index in [-0.39, 0.29) is 0 Å². The Morgan fingerprint density at radius 3 is 2.62 bits per heavy atom. The Morgan fingerprint density at radius 1 is 1.00 bits per heavy atom. The molecule has 1 aliphatic heterocycles. The molecule has 0 unspecified atom stereocenters. The molecule has 3 rings (SSSR count). The van der Waals surface area contributed by atoms with Crippen LogP contribution >= 0.6 is 12.2 Å². The zero-order valence-electron chi connectivity index (χ0n) is 6.78. The van der Waals surface area contributed by atoms with E-state index < -0.39 is 0 Å². The highest BCUT2D eigenvalue weighted by Gasteiger charge is 2.19. The summed E-state index contributed by atoms with van der Waals surface area (Å²) in [6, 6.07) is 12.1. The molecule has 0 fully saturated rings. The van der Waals surface area contributed by atoms with Crippen molar-refractivity contribution in [1.82, 2.24) is 0 Å². The van der Waals surface area contributed by atoms with E-state index in [4.69, 9.17) is 17.0 Å². The highest BCUT2D eigenvalue weighted by molar-refractivity contribution is 7.80. The first-order valence-electron chi connectivity index (χ1n) is 4.10. The Kier molecular flexibility index (Phi) is 1.24. The van der Waals surface area contributed by atoms with Crippen LogP contribution in [0.2, 0.25) is 0 Å². The van der Waals surface area contributed by atoms with E-state index in [9.17, 15) is 0 Å². The first-order chi connectivity index (χ1) is 6.36. The molecule has 0 spiro atoms. The lowest BCUT2D eigenvalue weighted by atomic mass is 10.1. The molecule has 2 heteroatoms. The maximum absolute atomic E-state index is 5.45. The summed E-state index contributed by atoms with van der Waals surface area (Å²) in [6.07, 6.45) is 0. The van der Waals surface area contributed by atoms with Gasteiger partial charge in [-0.1, -0.05) is 24.3 Å². The van der Waals surface area contributed by atoms with E-state index in [2.05, 4.69) is 12.1 Å². The van der Waals surface area contributed by atoms with Crippen molar-refractivity contribution >= 4 is 28.0 Å². The van der Waals surface area contributed by atoms with E-state index in [1.54, 1.807) is 0 Å². The van der Waals surface area contributed by atoms with Crippen molar-refractivity contribution in [2.45, 2.75) is 0 Å². The fraction of sp³-hybridized carbons (Fsp3) is 0. The predicted molar refractivity (Wildman–Crippen MR) is 56.3 cm³/mol. The lowest BCUT2D eigenvalue weighted by molar-refractivity contribution is 0.585. The summed E-state index contributed by atoms with van der Waals surface area (Å²) in [5.41, 5.74) is 1.04. The van der Waals surface area contributed by atoms with Crippen LogP contribution in [0.3, 0.4) is 0 Å². The van der Waals surface area contributed by atoms with Gasteiger partial charge in [0.05, 0.1) is 0 Å². The molecule has 62 valence electrons. The molecule has 2 aromatic rings. The molecule has 0 aromatic heterocycles. The predicted octanol–water partition coefficient (Wildman–Crippen LogP) is 2.91. The molecular weight excluding hydrogens is 180 g/mol. The molecule has 13 heavy (non-hydrogen) atoms. The number of thiocarbonyl (C=S) groups is 1. The lowest BCUT2D eigenvalue weighted by Crippen LogP contribution is -1.98. The van der Waals surface area contributed by atoms with Gasteiger partial charge in [-0.2, -0.15) is 0 Å². The quantitative estimate of drug-likeness (QED) is 0.585. The minimum absolute atomic E-state index is 0.590. The fourth-order valence-electron chi connectivity index (χ4n) is 1.72. The van der Waals surface area contributed by atoms with Gasteiger partial charge in [-0.3, -0.25) is 0 Å². The van der Waals surface area contributed by atoms with Gasteiger partial charge in [0, 0.05) is 10.9 Å². The largest absolute Gasteiger partial charge is 0.445 e. The van der Waals surface area contributed by atoms with Gasteiger partial charge in [0.25, 0.3) is 0 Å². The standard InChI is InChI=1S/C11H6OS/c13-11-8-5-1-3-7-4-2-6-9(12-11)10(7)8/h1-6H. The summed E-state index contributed by atoms with van der Waals surface area (Å²) in [7, 11) is 0. The average Bonchev–Trinajstić information content (AvgIpc) is 2.47. The summed E-state index contributed by atoms with van der Waals surface area (Å²) in [5.74, 6) is 0.887. The van der Waals surface area contributed by atoms with Crippen LogP contribution in [0, 0.1) is 0 Å². The molecule has 0 radical (unpaired) electrons. The van der Waals surface area contributed by atoms with E-state index >= 15 is 0 Å². The van der Waals surface area contributed by atoms with Gasteiger partial charge in [0.1, 0.15) is 5.75 Å². The van der Waals surface area contributed by atoms with Crippen molar-refractivity contribution in [3.8, 4) is 5.75 Å². The molecule has 0 atom stereocenters. The monoisotopic (exact) mass is 186 g/mol. The zero-order valence-corrected chi connectivity index (χ0v) is 7.60. The molecule has 0 saturated heterocycles. The van der Waals surface area contributed by atoms with Crippen molar-refractivity contribution < 1.29 is 4.74 Å². The molecule has 0 N–H and O–H groups in total. The van der Waals surface area contributed by atoms with Crippen molar-refractivity contribution in [3.63, 3.8) is 0 Å². The number of rotatable bonds is 0. The molecule has 2 aromatic carbocycles. The molecule has 1 aliphatic rings. The van der Waals surface area contributed by atoms with Gasteiger partial charge in [0.2, 0.25) is 0 Å². The van der Waals surface area contributed by atoms with Crippen LogP contribution in [0.25, 0.3) is 10.8 Å². The Hall–Kier alpha value is -1.41. The highest BCUT2D eigenvalue weighted by atomic mass is 32.1. The van der Waals surface area contributed by atoms with Gasteiger partial charge >= 0.3 is 0 Å². The van der Waals surface area contributed by atoms with Gasteiger partial charge in [-0.05, 0) is 29.7 Å². The summed E-state index contributed by atoms with van der Waals surface area (Å²) in [4.78, 5) is 0. The Morgan fingerprint density at radius 2 is 1.77 bits per heavy atom.